The lowest BCUT2D eigenvalue weighted by Gasteiger charge is -2.33. The Morgan fingerprint density at radius 1 is 1.40 bits per heavy atom. The summed E-state index contributed by atoms with van der Waals surface area (Å²) in [5.74, 6) is 0.0587. The third-order valence-corrected chi connectivity index (χ3v) is 5.23. The normalized spacial score (nSPS) is 21.0. The van der Waals surface area contributed by atoms with Crippen LogP contribution in [0.2, 0.25) is 0 Å². The third-order valence-electron chi connectivity index (χ3n) is 4.25. The number of nitrogens with zero attached hydrogens (tertiary/aromatic N) is 4. The molecule has 2 atom stereocenters. The van der Waals surface area contributed by atoms with Crippen LogP contribution < -0.4 is 15.4 Å². The van der Waals surface area contributed by atoms with Crippen LogP contribution in [0.25, 0.3) is 16.2 Å². The maximum atomic E-state index is 13.5. The predicted octanol–water partition coefficient (Wildman–Crippen LogP) is 1.50. The molecule has 1 aliphatic rings. The Labute approximate surface area is 147 Å². The van der Waals surface area contributed by atoms with Gasteiger partial charge in [0.2, 0.25) is 10.1 Å². The van der Waals surface area contributed by atoms with Crippen molar-refractivity contribution in [1.82, 2.24) is 14.6 Å². The van der Waals surface area contributed by atoms with E-state index in [1.165, 1.54) is 30.6 Å². The number of aliphatic hydroxyl groups excluding tert-OH is 1. The number of hydrogen-bond donors (Lipinski definition) is 2. The molecule has 1 fully saturated rings. The lowest BCUT2D eigenvalue weighted by molar-refractivity contribution is 0.145. The molecule has 9 heteroatoms. The van der Waals surface area contributed by atoms with Gasteiger partial charge >= 0.3 is 0 Å². The minimum absolute atomic E-state index is 0.0864. The van der Waals surface area contributed by atoms with E-state index in [-0.39, 0.29) is 11.9 Å². The van der Waals surface area contributed by atoms with Gasteiger partial charge in [0.15, 0.2) is 0 Å². The highest BCUT2D eigenvalue weighted by atomic mass is 32.1. The number of piperidine rings is 1. The quantitative estimate of drug-likeness (QED) is 0.733. The molecule has 4 rings (SSSR count). The summed E-state index contributed by atoms with van der Waals surface area (Å²) in [4.78, 5) is 7.08. The number of hydrogen-bond acceptors (Lipinski definition) is 7. The lowest BCUT2D eigenvalue weighted by atomic mass is 10.1. The first-order valence-electron chi connectivity index (χ1n) is 7.92. The van der Waals surface area contributed by atoms with Crippen LogP contribution in [0.1, 0.15) is 6.42 Å². The SMILES string of the molecule is COc1cc(F)ccc1-c1cnc2sc(N3C[C@@H](N)C[C@@H](O)C3)nn12. The van der Waals surface area contributed by atoms with Crippen molar-refractivity contribution in [3.8, 4) is 17.0 Å². The molecule has 0 aliphatic carbocycles. The lowest BCUT2D eigenvalue weighted by Crippen LogP contribution is -2.49. The van der Waals surface area contributed by atoms with Crippen molar-refractivity contribution in [3.05, 3.63) is 30.2 Å². The minimum Gasteiger partial charge on any atom is -0.496 e. The first-order valence-corrected chi connectivity index (χ1v) is 8.74. The van der Waals surface area contributed by atoms with Crippen molar-refractivity contribution in [2.24, 2.45) is 5.73 Å². The molecule has 1 aromatic carbocycles. The molecule has 3 aromatic rings. The minimum atomic E-state index is -0.461. The van der Waals surface area contributed by atoms with Gasteiger partial charge in [-0.1, -0.05) is 11.3 Å². The number of halogens is 1. The van der Waals surface area contributed by atoms with Crippen LogP contribution in [-0.2, 0) is 0 Å². The van der Waals surface area contributed by atoms with Crippen molar-refractivity contribution in [2.75, 3.05) is 25.1 Å². The van der Waals surface area contributed by atoms with Gasteiger partial charge in [0.05, 0.1) is 25.1 Å². The van der Waals surface area contributed by atoms with Crippen molar-refractivity contribution in [1.29, 1.82) is 0 Å². The first-order chi connectivity index (χ1) is 12.0. The maximum absolute atomic E-state index is 13.5. The Hall–Kier alpha value is -2.23. The number of ether oxygens (including phenoxy) is 1. The van der Waals surface area contributed by atoms with Crippen LogP contribution in [0.4, 0.5) is 9.52 Å². The molecule has 25 heavy (non-hydrogen) atoms. The van der Waals surface area contributed by atoms with Gasteiger partial charge in [0.25, 0.3) is 0 Å². The van der Waals surface area contributed by atoms with Crippen LogP contribution >= 0.6 is 11.3 Å². The van der Waals surface area contributed by atoms with Gasteiger partial charge in [-0.2, -0.15) is 0 Å². The molecule has 2 aromatic heterocycles. The summed E-state index contributed by atoms with van der Waals surface area (Å²) in [6, 6.07) is 4.28. The number of aromatic nitrogens is 3. The molecule has 1 saturated heterocycles. The summed E-state index contributed by atoms with van der Waals surface area (Å²) in [6.07, 6.45) is 1.82. The zero-order valence-electron chi connectivity index (χ0n) is 13.6. The molecule has 0 saturated carbocycles. The molecule has 0 radical (unpaired) electrons. The zero-order valence-corrected chi connectivity index (χ0v) is 14.4. The van der Waals surface area contributed by atoms with Crippen LogP contribution in [0.5, 0.6) is 5.75 Å². The van der Waals surface area contributed by atoms with E-state index in [0.29, 0.717) is 35.8 Å². The summed E-state index contributed by atoms with van der Waals surface area (Å²) >= 11 is 1.43. The van der Waals surface area contributed by atoms with Crippen LogP contribution in [0, 0.1) is 5.82 Å². The molecule has 7 nitrogen and oxygen atoms in total. The topological polar surface area (TPSA) is 88.9 Å². The average Bonchev–Trinajstić information content (AvgIpc) is 3.14. The van der Waals surface area contributed by atoms with E-state index in [1.807, 2.05) is 4.90 Å². The number of rotatable bonds is 3. The second-order valence-electron chi connectivity index (χ2n) is 6.12. The fourth-order valence-electron chi connectivity index (χ4n) is 3.14. The molecule has 0 spiro atoms. The highest BCUT2D eigenvalue weighted by Crippen LogP contribution is 2.34. The molecule has 1 aliphatic heterocycles. The number of methoxy groups -OCH3 is 1. The summed E-state index contributed by atoms with van der Waals surface area (Å²) in [5, 5.41) is 15.3. The van der Waals surface area contributed by atoms with E-state index in [4.69, 9.17) is 10.5 Å². The van der Waals surface area contributed by atoms with E-state index in [9.17, 15) is 9.50 Å². The Morgan fingerprint density at radius 3 is 3.00 bits per heavy atom. The number of benzene rings is 1. The predicted molar refractivity (Wildman–Crippen MR) is 93.6 cm³/mol. The van der Waals surface area contributed by atoms with Gasteiger partial charge in [-0.25, -0.2) is 13.9 Å². The zero-order chi connectivity index (χ0) is 17.6. The average molecular weight is 363 g/mol. The highest BCUT2D eigenvalue weighted by Gasteiger charge is 2.26. The van der Waals surface area contributed by atoms with Crippen LogP contribution in [0.15, 0.2) is 24.4 Å². The van der Waals surface area contributed by atoms with E-state index < -0.39 is 6.10 Å². The number of β-amino-alcohol motifs (C(OH)–C–C–N with tert-alkyl or cyclic N) is 1. The number of nitrogens with two attached hydrogens (primary N) is 1. The Morgan fingerprint density at radius 2 is 2.24 bits per heavy atom. The van der Waals surface area contributed by atoms with Crippen LogP contribution in [-0.4, -0.2) is 52.0 Å². The van der Waals surface area contributed by atoms with Crippen LogP contribution in [0.3, 0.4) is 0 Å². The highest BCUT2D eigenvalue weighted by molar-refractivity contribution is 7.20. The summed E-state index contributed by atoms with van der Waals surface area (Å²) < 4.78 is 20.4. The fourth-order valence-corrected chi connectivity index (χ4v) is 4.03. The monoisotopic (exact) mass is 363 g/mol. The molecule has 132 valence electrons. The van der Waals surface area contributed by atoms with E-state index in [2.05, 4.69) is 10.1 Å². The van der Waals surface area contributed by atoms with Gasteiger partial charge in [-0.05, 0) is 18.6 Å². The Bertz CT molecular complexity index is 901. The van der Waals surface area contributed by atoms with E-state index in [0.717, 1.165) is 10.8 Å². The maximum Gasteiger partial charge on any atom is 0.214 e. The molecule has 0 amide bonds. The third kappa shape index (κ3) is 2.94. The second-order valence-corrected chi connectivity index (χ2v) is 7.06. The fraction of sp³-hybridized carbons (Fsp3) is 0.375. The first kappa shape index (κ1) is 16.2. The van der Waals surface area contributed by atoms with E-state index in [1.54, 1.807) is 16.8 Å². The smallest absolute Gasteiger partial charge is 0.214 e. The van der Waals surface area contributed by atoms with E-state index >= 15 is 0 Å². The summed E-state index contributed by atoms with van der Waals surface area (Å²) in [7, 11) is 1.50. The number of fused-ring (bicyclic) bond motifs is 1. The number of anilines is 1. The molecule has 3 heterocycles. The Kier molecular flexibility index (Phi) is 4.06. The van der Waals surface area contributed by atoms with Crippen molar-refractivity contribution >= 4 is 21.4 Å². The molecule has 0 bridgehead atoms. The molecular formula is C16H18FN5O2S. The standard InChI is InChI=1S/C16H18FN5O2S/c1-24-14-4-9(17)2-3-12(14)13-6-19-15-22(13)20-16(25-15)21-7-10(18)5-11(23)8-21/h2-4,6,10-11,23H,5,7-8,18H2,1H3/t10-,11+/m0/s1. The number of aliphatic hydroxyl groups is 1. The molecular weight excluding hydrogens is 345 g/mol. The van der Waals surface area contributed by atoms with Gasteiger partial charge in [0.1, 0.15) is 11.6 Å². The second kappa shape index (κ2) is 6.25. The number of imidazole rings is 1. The molecule has 0 unspecified atom stereocenters. The van der Waals surface area contributed by atoms with Gasteiger partial charge in [0, 0.05) is 30.8 Å². The largest absolute Gasteiger partial charge is 0.496 e. The van der Waals surface area contributed by atoms with Gasteiger partial charge in [-0.15, -0.1) is 5.10 Å². The molecule has 3 N–H and O–H groups in total. The summed E-state index contributed by atoms with van der Waals surface area (Å²) in [5.41, 5.74) is 7.43. The van der Waals surface area contributed by atoms with Gasteiger partial charge in [-0.3, -0.25) is 0 Å². The summed E-state index contributed by atoms with van der Waals surface area (Å²) in [6.45, 7) is 1.14. The van der Waals surface area contributed by atoms with Crippen molar-refractivity contribution in [2.45, 2.75) is 18.6 Å². The van der Waals surface area contributed by atoms with Gasteiger partial charge < -0.3 is 20.5 Å². The van der Waals surface area contributed by atoms with Crippen molar-refractivity contribution in [3.63, 3.8) is 0 Å². The Balaban J connectivity index is 1.74. The van der Waals surface area contributed by atoms with Crippen molar-refractivity contribution < 1.29 is 14.2 Å².